The second kappa shape index (κ2) is 4.86. The molecular formula is C12H15F3N2OS. The second-order valence-corrected chi connectivity index (χ2v) is 5.69. The van der Waals surface area contributed by atoms with Crippen molar-refractivity contribution in [3.05, 3.63) is 24.3 Å². The maximum atomic E-state index is 13.0. The smallest absolute Gasteiger partial charge is 0.379 e. The van der Waals surface area contributed by atoms with E-state index in [1.807, 2.05) is 0 Å². The summed E-state index contributed by atoms with van der Waals surface area (Å²) < 4.78 is 44.0. The van der Waals surface area contributed by atoms with Gasteiger partial charge in [-0.1, -0.05) is 30.5 Å². The van der Waals surface area contributed by atoms with Crippen molar-refractivity contribution >= 4 is 16.9 Å². The van der Waals surface area contributed by atoms with Gasteiger partial charge in [-0.3, -0.25) is 0 Å². The Balaban J connectivity index is 2.45. The molecule has 0 spiro atoms. The summed E-state index contributed by atoms with van der Waals surface area (Å²) in [7, 11) is 0. The van der Waals surface area contributed by atoms with Crippen LogP contribution in [0.2, 0.25) is 0 Å². The monoisotopic (exact) mass is 292 g/mol. The highest BCUT2D eigenvalue weighted by molar-refractivity contribution is 8.13. The molecule has 0 amide bonds. The van der Waals surface area contributed by atoms with Gasteiger partial charge in [-0.25, -0.2) is 4.99 Å². The molecular weight excluding hydrogens is 277 g/mol. The Morgan fingerprint density at radius 3 is 2.89 bits per heavy atom. The zero-order valence-corrected chi connectivity index (χ0v) is 11.2. The van der Waals surface area contributed by atoms with E-state index < -0.39 is 23.7 Å². The van der Waals surface area contributed by atoms with Gasteiger partial charge in [0.05, 0.1) is 6.61 Å². The molecule has 1 fully saturated rings. The molecule has 3 nitrogen and oxygen atoms in total. The topological polar surface area (TPSA) is 47.6 Å². The lowest BCUT2D eigenvalue weighted by molar-refractivity contribution is -0.214. The van der Waals surface area contributed by atoms with E-state index in [9.17, 15) is 13.2 Å². The third-order valence-electron chi connectivity index (χ3n) is 3.56. The number of nitrogens with two attached hydrogens (primary N) is 1. The molecule has 2 N–H and O–H groups in total. The van der Waals surface area contributed by atoms with Crippen molar-refractivity contribution in [2.75, 3.05) is 12.4 Å². The molecule has 0 bridgehead atoms. The van der Waals surface area contributed by atoms with Crippen molar-refractivity contribution in [1.29, 1.82) is 0 Å². The van der Waals surface area contributed by atoms with Crippen LogP contribution in [0.5, 0.6) is 0 Å². The number of allylic oxidation sites excluding steroid dienone is 2. The number of ether oxygens (including phenoxy) is 1. The van der Waals surface area contributed by atoms with Crippen molar-refractivity contribution in [2.45, 2.75) is 24.7 Å². The first-order valence-corrected chi connectivity index (χ1v) is 6.76. The van der Waals surface area contributed by atoms with Gasteiger partial charge >= 0.3 is 6.18 Å². The molecule has 0 aromatic carbocycles. The molecule has 2 aliphatic rings. The number of fused-ring (bicyclic) bond motifs is 1. The number of thioether (sulfide) groups is 1. The molecule has 0 radical (unpaired) electrons. The molecule has 0 aromatic rings. The normalized spacial score (nSPS) is 35.8. The molecule has 0 aliphatic carbocycles. The van der Waals surface area contributed by atoms with Crippen molar-refractivity contribution in [3.63, 3.8) is 0 Å². The van der Waals surface area contributed by atoms with Crippen LogP contribution < -0.4 is 5.73 Å². The first kappa shape index (κ1) is 14.5. The van der Waals surface area contributed by atoms with Gasteiger partial charge in [-0.15, -0.1) is 0 Å². The Labute approximate surface area is 113 Å². The summed E-state index contributed by atoms with van der Waals surface area (Å²) in [6, 6.07) is 0. The number of hydrogen-bond donors (Lipinski definition) is 1. The lowest BCUT2D eigenvalue weighted by atomic mass is 9.79. The van der Waals surface area contributed by atoms with Gasteiger partial charge < -0.3 is 10.5 Å². The molecule has 19 heavy (non-hydrogen) atoms. The Bertz CT molecular complexity index is 447. The van der Waals surface area contributed by atoms with E-state index in [-0.39, 0.29) is 12.4 Å². The third-order valence-corrected chi connectivity index (χ3v) is 4.47. The van der Waals surface area contributed by atoms with Crippen LogP contribution in [0.4, 0.5) is 13.2 Å². The van der Waals surface area contributed by atoms with E-state index in [0.717, 1.165) is 11.8 Å². The molecule has 2 heterocycles. The fraction of sp³-hybridized carbons (Fsp3) is 0.583. The predicted octanol–water partition coefficient (Wildman–Crippen LogP) is 2.50. The van der Waals surface area contributed by atoms with Crippen LogP contribution in [0.3, 0.4) is 0 Å². The third kappa shape index (κ3) is 2.41. The van der Waals surface area contributed by atoms with Crippen LogP contribution in [0.15, 0.2) is 29.3 Å². The summed E-state index contributed by atoms with van der Waals surface area (Å²) in [5.41, 5.74) is 5.37. The van der Waals surface area contributed by atoms with E-state index in [2.05, 4.69) is 11.6 Å². The molecule has 3 atom stereocenters. The van der Waals surface area contributed by atoms with Gasteiger partial charge in [0, 0.05) is 11.7 Å². The van der Waals surface area contributed by atoms with Gasteiger partial charge in [0.15, 0.2) is 11.3 Å². The van der Waals surface area contributed by atoms with E-state index >= 15 is 0 Å². The molecule has 0 aromatic heterocycles. The lowest BCUT2D eigenvalue weighted by Crippen LogP contribution is -2.48. The number of rotatable bonds is 2. The van der Waals surface area contributed by atoms with Crippen LogP contribution >= 0.6 is 11.8 Å². The van der Waals surface area contributed by atoms with Gasteiger partial charge in [-0.05, 0) is 12.5 Å². The summed E-state index contributed by atoms with van der Waals surface area (Å²) >= 11 is 1.14. The molecule has 2 aliphatic heterocycles. The van der Waals surface area contributed by atoms with E-state index in [1.165, 1.54) is 6.08 Å². The maximum Gasteiger partial charge on any atom is 0.415 e. The minimum atomic E-state index is -4.39. The minimum Gasteiger partial charge on any atom is -0.379 e. The van der Waals surface area contributed by atoms with Crippen molar-refractivity contribution in [1.82, 2.24) is 0 Å². The number of aliphatic imine (C=N–C) groups is 1. The highest BCUT2D eigenvalue weighted by atomic mass is 32.2. The lowest BCUT2D eigenvalue weighted by Gasteiger charge is -2.36. The fourth-order valence-corrected chi connectivity index (χ4v) is 3.60. The molecule has 7 heteroatoms. The number of hydrogen-bond acceptors (Lipinski definition) is 4. The zero-order chi connectivity index (χ0) is 14.3. The Kier molecular flexibility index (Phi) is 3.70. The number of alkyl halides is 3. The SMILES string of the molecule is C=C/C=C(\C)C12COC(C(F)(F)F)C1CSC(N)=N2. The largest absolute Gasteiger partial charge is 0.415 e. The Hall–Kier alpha value is -0.950. The standard InChI is InChI=1S/C12H15F3N2OS/c1-3-4-7(2)11-6-18-9(12(13,14)15)8(11)5-19-10(16)17-11/h3-4,8-9H,1,5-6H2,2H3,(H2,16,17)/b7-4+. The molecule has 2 rings (SSSR count). The molecule has 106 valence electrons. The fourth-order valence-electron chi connectivity index (χ4n) is 2.57. The predicted molar refractivity (Wildman–Crippen MR) is 70.1 cm³/mol. The first-order valence-electron chi connectivity index (χ1n) is 5.77. The average molecular weight is 292 g/mol. The van der Waals surface area contributed by atoms with Crippen LogP contribution in [0.25, 0.3) is 0 Å². The van der Waals surface area contributed by atoms with Crippen molar-refractivity contribution in [3.8, 4) is 0 Å². The van der Waals surface area contributed by atoms with Crippen LogP contribution in [0.1, 0.15) is 6.92 Å². The van der Waals surface area contributed by atoms with Crippen molar-refractivity contribution < 1.29 is 17.9 Å². The van der Waals surface area contributed by atoms with Gasteiger partial charge in [0.1, 0.15) is 5.54 Å². The molecule has 3 unspecified atom stereocenters. The van der Waals surface area contributed by atoms with Crippen LogP contribution in [-0.4, -0.2) is 35.3 Å². The summed E-state index contributed by atoms with van der Waals surface area (Å²) in [6.45, 7) is 5.21. The average Bonchev–Trinajstić information content (AvgIpc) is 2.68. The van der Waals surface area contributed by atoms with Crippen molar-refractivity contribution in [2.24, 2.45) is 16.6 Å². The molecule has 0 saturated carbocycles. The summed E-state index contributed by atoms with van der Waals surface area (Å²) in [4.78, 5) is 4.27. The Morgan fingerprint density at radius 2 is 2.32 bits per heavy atom. The first-order chi connectivity index (χ1) is 8.81. The molecule has 1 saturated heterocycles. The second-order valence-electron chi connectivity index (χ2n) is 4.65. The van der Waals surface area contributed by atoms with Crippen LogP contribution in [-0.2, 0) is 4.74 Å². The minimum absolute atomic E-state index is 0.0979. The summed E-state index contributed by atoms with van der Waals surface area (Å²) in [6.07, 6.45) is -2.97. The quantitative estimate of drug-likeness (QED) is 0.796. The number of halogens is 3. The van der Waals surface area contributed by atoms with E-state index in [4.69, 9.17) is 10.5 Å². The van der Waals surface area contributed by atoms with Crippen LogP contribution in [0, 0.1) is 5.92 Å². The van der Waals surface area contributed by atoms with E-state index in [1.54, 1.807) is 13.0 Å². The van der Waals surface area contributed by atoms with Gasteiger partial charge in [0.25, 0.3) is 0 Å². The zero-order valence-electron chi connectivity index (χ0n) is 10.4. The number of nitrogens with zero attached hydrogens (tertiary/aromatic N) is 1. The maximum absolute atomic E-state index is 13.0. The Morgan fingerprint density at radius 1 is 1.63 bits per heavy atom. The van der Waals surface area contributed by atoms with Gasteiger partial charge in [-0.2, -0.15) is 13.2 Å². The van der Waals surface area contributed by atoms with Gasteiger partial charge in [0.2, 0.25) is 0 Å². The summed E-state index contributed by atoms with van der Waals surface area (Å²) in [5.74, 6) is -0.497. The number of amidine groups is 1. The van der Waals surface area contributed by atoms with E-state index in [0.29, 0.717) is 10.7 Å². The summed E-state index contributed by atoms with van der Waals surface area (Å²) in [5, 5.41) is 0.305. The highest BCUT2D eigenvalue weighted by Gasteiger charge is 2.61. The highest BCUT2D eigenvalue weighted by Crippen LogP contribution is 2.49.